The largest absolute Gasteiger partial charge is 0.481 e. The second-order valence-electron chi connectivity index (χ2n) is 7.99. The Morgan fingerprint density at radius 3 is 2.28 bits per heavy atom. The summed E-state index contributed by atoms with van der Waals surface area (Å²) in [4.78, 5) is 24.0. The number of carboxylic acid groups (broad SMARTS) is 1. The highest BCUT2D eigenvalue weighted by Crippen LogP contribution is 2.35. The van der Waals surface area contributed by atoms with Gasteiger partial charge in [0.2, 0.25) is 0 Å². The smallest absolute Gasteiger partial charge is 0.305 e. The fraction of sp³-hybridized carbons (Fsp3) is 0.476. The summed E-state index contributed by atoms with van der Waals surface area (Å²) in [6, 6.07) is 6.41. The predicted molar refractivity (Wildman–Crippen MR) is 115 cm³/mol. The van der Waals surface area contributed by atoms with Crippen LogP contribution in [-0.4, -0.2) is 32.8 Å². The highest BCUT2D eigenvalue weighted by molar-refractivity contribution is 6.39. The van der Waals surface area contributed by atoms with Gasteiger partial charge in [0.25, 0.3) is 5.91 Å². The van der Waals surface area contributed by atoms with Crippen molar-refractivity contribution >= 4 is 35.1 Å². The van der Waals surface area contributed by atoms with Crippen LogP contribution >= 0.6 is 23.2 Å². The Bertz CT molecular complexity index is 858. The molecule has 0 spiro atoms. The first kappa shape index (κ1) is 23.2. The van der Waals surface area contributed by atoms with Gasteiger partial charge in [-0.15, -0.1) is 0 Å². The molecule has 1 aromatic heterocycles. The van der Waals surface area contributed by atoms with Crippen molar-refractivity contribution in [3.63, 3.8) is 0 Å². The van der Waals surface area contributed by atoms with Gasteiger partial charge in [-0.1, -0.05) is 57.0 Å². The van der Waals surface area contributed by atoms with Gasteiger partial charge in [-0.05, 0) is 36.5 Å². The Labute approximate surface area is 181 Å². The van der Waals surface area contributed by atoms with Crippen LogP contribution in [0.2, 0.25) is 10.0 Å². The standard InChI is InChI=1S/C21H27Cl2N3O3/c1-12(2)8-14(9-19(27)28)24-21(29)17-10-18(26(25-17)11-13(3)4)20-15(22)6-5-7-16(20)23/h5-7,10,12-14H,8-9,11H2,1-4H3,(H,24,29)(H,27,28). The van der Waals surface area contributed by atoms with Gasteiger partial charge >= 0.3 is 5.97 Å². The lowest BCUT2D eigenvalue weighted by Gasteiger charge is -2.18. The number of halogens is 2. The van der Waals surface area contributed by atoms with Gasteiger partial charge < -0.3 is 10.4 Å². The fourth-order valence-corrected chi connectivity index (χ4v) is 3.78. The van der Waals surface area contributed by atoms with Crippen LogP contribution in [0, 0.1) is 11.8 Å². The molecule has 0 fully saturated rings. The molecule has 29 heavy (non-hydrogen) atoms. The third-order valence-electron chi connectivity index (χ3n) is 4.28. The van der Waals surface area contributed by atoms with Gasteiger partial charge in [-0.3, -0.25) is 14.3 Å². The normalized spacial score (nSPS) is 12.4. The van der Waals surface area contributed by atoms with Crippen LogP contribution in [0.5, 0.6) is 0 Å². The molecule has 0 aliphatic heterocycles. The maximum atomic E-state index is 12.8. The van der Waals surface area contributed by atoms with Crippen molar-refractivity contribution < 1.29 is 14.7 Å². The van der Waals surface area contributed by atoms with Crippen LogP contribution in [0.1, 0.15) is 51.0 Å². The average Bonchev–Trinajstić information content (AvgIpc) is 2.96. The van der Waals surface area contributed by atoms with Gasteiger partial charge in [0.15, 0.2) is 5.69 Å². The minimum absolute atomic E-state index is 0.139. The summed E-state index contributed by atoms with van der Waals surface area (Å²) in [7, 11) is 0. The number of nitrogens with one attached hydrogen (secondary N) is 1. The second kappa shape index (κ2) is 10.1. The molecule has 0 aliphatic carbocycles. The number of carbonyl (C=O) groups is 2. The van der Waals surface area contributed by atoms with Crippen LogP contribution in [-0.2, 0) is 11.3 Å². The molecule has 0 saturated heterocycles. The maximum absolute atomic E-state index is 12.8. The summed E-state index contributed by atoms with van der Waals surface area (Å²) < 4.78 is 1.72. The second-order valence-corrected chi connectivity index (χ2v) is 8.80. The van der Waals surface area contributed by atoms with E-state index >= 15 is 0 Å². The zero-order valence-electron chi connectivity index (χ0n) is 17.1. The molecule has 1 unspecified atom stereocenters. The van der Waals surface area contributed by atoms with Gasteiger partial charge in [-0.2, -0.15) is 5.10 Å². The van der Waals surface area contributed by atoms with E-state index in [1.807, 2.05) is 27.7 Å². The van der Waals surface area contributed by atoms with Gasteiger partial charge in [0, 0.05) is 18.2 Å². The van der Waals surface area contributed by atoms with E-state index in [0.29, 0.717) is 34.3 Å². The number of amides is 1. The third-order valence-corrected chi connectivity index (χ3v) is 4.91. The molecule has 2 N–H and O–H groups in total. The monoisotopic (exact) mass is 439 g/mol. The molecule has 6 nitrogen and oxygen atoms in total. The molecule has 1 aromatic carbocycles. The first-order valence-corrected chi connectivity index (χ1v) is 10.4. The first-order chi connectivity index (χ1) is 13.6. The number of nitrogens with zero attached hydrogens (tertiary/aromatic N) is 2. The minimum Gasteiger partial charge on any atom is -0.481 e. The number of rotatable bonds is 9. The molecule has 1 amide bonds. The summed E-state index contributed by atoms with van der Waals surface area (Å²) in [5, 5.41) is 17.3. The number of carbonyl (C=O) groups excluding carboxylic acids is 1. The van der Waals surface area contributed by atoms with Crippen molar-refractivity contribution in [1.29, 1.82) is 0 Å². The molecule has 8 heteroatoms. The highest BCUT2D eigenvalue weighted by Gasteiger charge is 2.23. The number of hydrogen-bond acceptors (Lipinski definition) is 3. The van der Waals surface area contributed by atoms with Crippen molar-refractivity contribution in [3.05, 3.63) is 40.0 Å². The predicted octanol–water partition coefficient (Wildman–Crippen LogP) is 5.13. The van der Waals surface area contributed by atoms with E-state index in [2.05, 4.69) is 10.4 Å². The lowest BCUT2D eigenvalue weighted by Crippen LogP contribution is -2.37. The SMILES string of the molecule is CC(C)CC(CC(=O)O)NC(=O)c1cc(-c2c(Cl)cccc2Cl)n(CC(C)C)n1. The highest BCUT2D eigenvalue weighted by atomic mass is 35.5. The minimum atomic E-state index is -0.954. The van der Waals surface area contributed by atoms with Crippen LogP contribution in [0.3, 0.4) is 0 Å². The Morgan fingerprint density at radius 2 is 1.76 bits per heavy atom. The molecule has 2 aromatic rings. The summed E-state index contributed by atoms with van der Waals surface area (Å²) in [6.45, 7) is 8.64. The maximum Gasteiger partial charge on any atom is 0.305 e. The van der Waals surface area contributed by atoms with E-state index in [1.165, 1.54) is 0 Å². The fourth-order valence-electron chi connectivity index (χ4n) is 3.19. The molecule has 2 rings (SSSR count). The van der Waals surface area contributed by atoms with Gasteiger partial charge in [0.05, 0.1) is 22.2 Å². The lowest BCUT2D eigenvalue weighted by atomic mass is 10.0. The van der Waals surface area contributed by atoms with E-state index in [0.717, 1.165) is 0 Å². The number of aliphatic carboxylic acids is 1. The Morgan fingerprint density at radius 1 is 1.14 bits per heavy atom. The first-order valence-electron chi connectivity index (χ1n) is 9.63. The molecule has 158 valence electrons. The van der Waals surface area contributed by atoms with Crippen molar-refractivity contribution in [2.75, 3.05) is 0 Å². The molecule has 0 bridgehead atoms. The Kier molecular flexibility index (Phi) is 8.11. The van der Waals surface area contributed by atoms with Crippen LogP contribution in [0.4, 0.5) is 0 Å². The molecule has 1 atom stereocenters. The molecular formula is C21H27Cl2N3O3. The van der Waals surface area contributed by atoms with E-state index in [1.54, 1.807) is 28.9 Å². The quantitative estimate of drug-likeness (QED) is 0.566. The van der Waals surface area contributed by atoms with Crippen molar-refractivity contribution in [2.45, 2.75) is 53.1 Å². The third kappa shape index (κ3) is 6.47. The van der Waals surface area contributed by atoms with E-state index < -0.39 is 17.9 Å². The van der Waals surface area contributed by atoms with Crippen molar-refractivity contribution in [1.82, 2.24) is 15.1 Å². The van der Waals surface area contributed by atoms with Crippen molar-refractivity contribution in [2.24, 2.45) is 11.8 Å². The van der Waals surface area contributed by atoms with E-state index in [4.69, 9.17) is 28.3 Å². The number of benzene rings is 1. The molecular weight excluding hydrogens is 413 g/mol. The van der Waals surface area contributed by atoms with Crippen LogP contribution < -0.4 is 5.32 Å². The average molecular weight is 440 g/mol. The van der Waals surface area contributed by atoms with Crippen LogP contribution in [0.15, 0.2) is 24.3 Å². The lowest BCUT2D eigenvalue weighted by molar-refractivity contribution is -0.137. The Balaban J connectivity index is 2.39. The van der Waals surface area contributed by atoms with Gasteiger partial charge in [0.1, 0.15) is 0 Å². The molecule has 0 aliphatic rings. The zero-order chi connectivity index (χ0) is 21.7. The van der Waals surface area contributed by atoms with Crippen molar-refractivity contribution in [3.8, 4) is 11.3 Å². The number of aromatic nitrogens is 2. The molecule has 0 radical (unpaired) electrons. The summed E-state index contributed by atoms with van der Waals surface area (Å²) >= 11 is 12.7. The summed E-state index contributed by atoms with van der Waals surface area (Å²) in [5.74, 6) is -0.837. The van der Waals surface area contributed by atoms with Gasteiger partial charge in [-0.25, -0.2) is 0 Å². The van der Waals surface area contributed by atoms with Crippen LogP contribution in [0.25, 0.3) is 11.3 Å². The topological polar surface area (TPSA) is 84.2 Å². The van der Waals surface area contributed by atoms with E-state index in [-0.39, 0.29) is 24.0 Å². The summed E-state index contributed by atoms with van der Waals surface area (Å²) in [5.41, 5.74) is 1.47. The van der Waals surface area contributed by atoms with E-state index in [9.17, 15) is 9.59 Å². The zero-order valence-corrected chi connectivity index (χ0v) is 18.6. The molecule has 0 saturated carbocycles. The summed E-state index contributed by atoms with van der Waals surface area (Å²) in [6.07, 6.45) is 0.424. The number of carboxylic acids is 1. The molecule has 1 heterocycles. The number of hydrogen-bond donors (Lipinski definition) is 2. The Hall–Kier alpha value is -2.05.